The second kappa shape index (κ2) is 12.8. The average Bonchev–Trinajstić information content (AvgIpc) is 2.66. The van der Waals surface area contributed by atoms with Crippen molar-refractivity contribution in [1.82, 2.24) is 20.4 Å². The molecule has 2 heterocycles. The van der Waals surface area contributed by atoms with Crippen molar-refractivity contribution < 1.29 is 9.53 Å². The summed E-state index contributed by atoms with van der Waals surface area (Å²) in [6.45, 7) is 12.8. The maximum atomic E-state index is 11.6. The molecule has 2 aliphatic rings. The highest BCUT2D eigenvalue weighted by Crippen LogP contribution is 2.20. The second-order valence-electron chi connectivity index (χ2n) is 7.51. The fourth-order valence-electron chi connectivity index (χ4n) is 3.86. The molecule has 0 spiro atoms. The quantitative estimate of drug-likeness (QED) is 0.333. The molecule has 8 heteroatoms. The second-order valence-corrected chi connectivity index (χ2v) is 7.51. The van der Waals surface area contributed by atoms with Gasteiger partial charge in [-0.05, 0) is 39.5 Å². The Balaban J connectivity index is 0.00000364. The van der Waals surface area contributed by atoms with Crippen molar-refractivity contribution in [3.63, 3.8) is 0 Å². The molecule has 0 bridgehead atoms. The van der Waals surface area contributed by atoms with Crippen LogP contribution in [0.4, 0.5) is 0 Å². The zero-order chi connectivity index (χ0) is 18.9. The maximum Gasteiger partial charge on any atom is 0.220 e. The van der Waals surface area contributed by atoms with Crippen molar-refractivity contribution in [2.45, 2.75) is 52.1 Å². The van der Waals surface area contributed by atoms with E-state index in [1.54, 1.807) is 7.05 Å². The summed E-state index contributed by atoms with van der Waals surface area (Å²) in [5, 5.41) is 6.17. The largest absolute Gasteiger partial charge is 0.379 e. The van der Waals surface area contributed by atoms with Crippen LogP contribution in [0.1, 0.15) is 40.0 Å². The molecule has 2 fully saturated rings. The molecule has 1 amide bonds. The van der Waals surface area contributed by atoms with Crippen LogP contribution >= 0.6 is 24.0 Å². The van der Waals surface area contributed by atoms with Crippen LogP contribution < -0.4 is 10.6 Å². The van der Waals surface area contributed by atoms with E-state index in [2.05, 4.69) is 41.2 Å². The number of hydrogen-bond donors (Lipinski definition) is 2. The van der Waals surface area contributed by atoms with E-state index < -0.39 is 0 Å². The lowest BCUT2D eigenvalue weighted by Gasteiger charge is -2.38. The average molecular weight is 495 g/mol. The number of piperidine rings is 1. The highest BCUT2D eigenvalue weighted by Gasteiger charge is 2.25. The van der Waals surface area contributed by atoms with Crippen LogP contribution in [-0.2, 0) is 9.53 Å². The van der Waals surface area contributed by atoms with E-state index in [0.29, 0.717) is 24.4 Å². The third-order valence-electron chi connectivity index (χ3n) is 5.49. The molecule has 0 aromatic heterocycles. The third-order valence-corrected chi connectivity index (χ3v) is 5.49. The molecule has 2 saturated heterocycles. The molecule has 158 valence electrons. The standard InChI is InChI=1S/C19H37N5O2.HI/c1-5-21-19(22-13-15(2)24-10-11-26-14-16(24)3)23-8-6-17(7-9-23)12-18(25)20-4;/h15-17H,5-14H2,1-4H3,(H,20,25)(H,21,22);1H. The van der Waals surface area contributed by atoms with E-state index in [1.165, 1.54) is 0 Å². The molecule has 2 aliphatic heterocycles. The van der Waals surface area contributed by atoms with Crippen LogP contribution in [0.2, 0.25) is 0 Å². The van der Waals surface area contributed by atoms with E-state index in [0.717, 1.165) is 64.7 Å². The van der Waals surface area contributed by atoms with E-state index in [-0.39, 0.29) is 29.9 Å². The number of aliphatic imine (C=N–C) groups is 1. The number of carbonyl (C=O) groups is 1. The van der Waals surface area contributed by atoms with Crippen molar-refractivity contribution in [2.75, 3.05) is 53.0 Å². The summed E-state index contributed by atoms with van der Waals surface area (Å²) in [6.07, 6.45) is 2.74. The SMILES string of the molecule is CCNC(=NCC(C)N1CCOCC1C)N1CCC(CC(=O)NC)CC1.I. The minimum Gasteiger partial charge on any atom is -0.379 e. The van der Waals surface area contributed by atoms with Gasteiger partial charge in [-0.25, -0.2) is 0 Å². The number of carbonyl (C=O) groups excluding carboxylic acids is 1. The number of nitrogens with zero attached hydrogens (tertiary/aromatic N) is 3. The third kappa shape index (κ3) is 7.73. The Bertz CT molecular complexity index is 469. The van der Waals surface area contributed by atoms with Crippen LogP contribution in [0.25, 0.3) is 0 Å². The molecule has 2 atom stereocenters. The van der Waals surface area contributed by atoms with Crippen molar-refractivity contribution in [3.05, 3.63) is 0 Å². The number of hydrogen-bond acceptors (Lipinski definition) is 4. The highest BCUT2D eigenvalue weighted by atomic mass is 127. The molecule has 2 rings (SSSR count). The topological polar surface area (TPSA) is 69.2 Å². The molecule has 0 aromatic rings. The van der Waals surface area contributed by atoms with Gasteiger partial charge in [-0.15, -0.1) is 24.0 Å². The number of nitrogens with one attached hydrogen (secondary N) is 2. The molecule has 2 unspecified atom stereocenters. The Kier molecular flexibility index (Phi) is 11.6. The molecule has 0 saturated carbocycles. The molecule has 0 radical (unpaired) electrons. The molecular weight excluding hydrogens is 457 g/mol. The molecular formula is C19H38IN5O2. The first kappa shape index (κ1) is 24.4. The Hall–Kier alpha value is -0.610. The molecule has 0 aromatic carbocycles. The van der Waals surface area contributed by atoms with Gasteiger partial charge >= 0.3 is 0 Å². The Morgan fingerprint density at radius 2 is 2.00 bits per heavy atom. The Morgan fingerprint density at radius 1 is 1.30 bits per heavy atom. The number of morpholine rings is 1. The van der Waals surface area contributed by atoms with Gasteiger partial charge in [0.25, 0.3) is 0 Å². The fraction of sp³-hybridized carbons (Fsp3) is 0.895. The summed E-state index contributed by atoms with van der Waals surface area (Å²) in [6, 6.07) is 0.866. The lowest BCUT2D eigenvalue weighted by molar-refractivity contribution is -0.121. The molecule has 27 heavy (non-hydrogen) atoms. The van der Waals surface area contributed by atoms with Crippen molar-refractivity contribution in [3.8, 4) is 0 Å². The summed E-state index contributed by atoms with van der Waals surface area (Å²) in [5.74, 6) is 1.65. The van der Waals surface area contributed by atoms with Crippen LogP contribution in [0.15, 0.2) is 4.99 Å². The molecule has 7 nitrogen and oxygen atoms in total. The first-order valence-corrected chi connectivity index (χ1v) is 10.1. The Morgan fingerprint density at radius 3 is 2.59 bits per heavy atom. The lowest BCUT2D eigenvalue weighted by Crippen LogP contribution is -2.50. The van der Waals surface area contributed by atoms with Crippen molar-refractivity contribution in [1.29, 1.82) is 0 Å². The number of amides is 1. The number of ether oxygens (including phenoxy) is 1. The van der Waals surface area contributed by atoms with Gasteiger partial charge in [-0.1, -0.05) is 0 Å². The van der Waals surface area contributed by atoms with Gasteiger partial charge < -0.3 is 20.3 Å². The minimum absolute atomic E-state index is 0. The number of likely N-dealkylation sites (tertiary alicyclic amines) is 1. The van der Waals surface area contributed by atoms with E-state index in [9.17, 15) is 4.79 Å². The van der Waals surface area contributed by atoms with Crippen LogP contribution in [0.5, 0.6) is 0 Å². The van der Waals surface area contributed by atoms with Crippen LogP contribution in [0, 0.1) is 5.92 Å². The van der Waals surface area contributed by atoms with Crippen molar-refractivity contribution >= 4 is 35.8 Å². The maximum absolute atomic E-state index is 11.6. The van der Waals surface area contributed by atoms with Crippen LogP contribution in [-0.4, -0.2) is 86.7 Å². The molecule has 0 aliphatic carbocycles. The number of guanidine groups is 1. The normalized spacial score (nSPS) is 23.5. The van der Waals surface area contributed by atoms with Gasteiger partial charge in [0.2, 0.25) is 5.91 Å². The van der Waals surface area contributed by atoms with Gasteiger partial charge in [0.05, 0.1) is 19.8 Å². The van der Waals surface area contributed by atoms with Gasteiger partial charge in [-0.2, -0.15) is 0 Å². The zero-order valence-electron chi connectivity index (χ0n) is 17.4. The number of rotatable bonds is 6. The predicted octanol–water partition coefficient (Wildman–Crippen LogP) is 1.53. The van der Waals surface area contributed by atoms with E-state index >= 15 is 0 Å². The zero-order valence-corrected chi connectivity index (χ0v) is 19.7. The van der Waals surface area contributed by atoms with E-state index in [4.69, 9.17) is 9.73 Å². The fourth-order valence-corrected chi connectivity index (χ4v) is 3.86. The smallest absolute Gasteiger partial charge is 0.220 e. The first-order chi connectivity index (χ1) is 12.5. The van der Waals surface area contributed by atoms with Crippen molar-refractivity contribution in [2.24, 2.45) is 10.9 Å². The van der Waals surface area contributed by atoms with Crippen LogP contribution in [0.3, 0.4) is 0 Å². The van der Waals surface area contributed by atoms with Gasteiger partial charge in [0.1, 0.15) is 0 Å². The number of halogens is 1. The monoisotopic (exact) mass is 495 g/mol. The Labute approximate surface area is 181 Å². The summed E-state index contributed by atoms with van der Waals surface area (Å²) in [4.78, 5) is 21.3. The van der Waals surface area contributed by atoms with Gasteiger partial charge in [-0.3, -0.25) is 14.7 Å². The predicted molar refractivity (Wildman–Crippen MR) is 121 cm³/mol. The van der Waals surface area contributed by atoms with Gasteiger partial charge in [0, 0.05) is 51.7 Å². The lowest BCUT2D eigenvalue weighted by atomic mass is 9.93. The van der Waals surface area contributed by atoms with Gasteiger partial charge in [0.15, 0.2) is 5.96 Å². The van der Waals surface area contributed by atoms with E-state index in [1.807, 2.05) is 0 Å². The summed E-state index contributed by atoms with van der Waals surface area (Å²) in [5.41, 5.74) is 0. The summed E-state index contributed by atoms with van der Waals surface area (Å²) >= 11 is 0. The summed E-state index contributed by atoms with van der Waals surface area (Å²) < 4.78 is 5.54. The highest BCUT2D eigenvalue weighted by molar-refractivity contribution is 14.0. The first-order valence-electron chi connectivity index (χ1n) is 10.1. The molecule has 2 N–H and O–H groups in total. The summed E-state index contributed by atoms with van der Waals surface area (Å²) in [7, 11) is 1.71. The minimum atomic E-state index is 0.